The molecule has 0 aliphatic carbocycles. The summed E-state index contributed by atoms with van der Waals surface area (Å²) in [6.45, 7) is 4.34. The number of unbranched alkanes of at least 4 members (excludes halogenated alkanes) is 8. The molecule has 0 spiro atoms. The number of rotatable bonds is 17. The van der Waals surface area contributed by atoms with Crippen molar-refractivity contribution in [2.45, 2.75) is 116 Å². The van der Waals surface area contributed by atoms with Crippen LogP contribution in [-0.2, 0) is 14.3 Å². The molecule has 0 aliphatic rings. The van der Waals surface area contributed by atoms with Crippen molar-refractivity contribution in [3.05, 3.63) is 0 Å². The average Bonchev–Trinajstić information content (AvgIpc) is 2.55. The third-order valence-corrected chi connectivity index (χ3v) is 4.33. The van der Waals surface area contributed by atoms with E-state index in [2.05, 4.69) is 13.8 Å². The van der Waals surface area contributed by atoms with Crippen LogP contribution in [0.5, 0.6) is 0 Å². The van der Waals surface area contributed by atoms with Crippen LogP contribution in [0.3, 0.4) is 0 Å². The van der Waals surface area contributed by atoms with E-state index in [9.17, 15) is 9.59 Å². The summed E-state index contributed by atoms with van der Waals surface area (Å²) in [6.07, 6.45) is 14.3. The van der Waals surface area contributed by atoms with Crippen LogP contribution in [0.2, 0.25) is 0 Å². The standard InChI is InChI=1S/C20H38O4/c1-3-5-7-8-9-13-17-20(23)24-18(14-6-4-2)15-11-10-12-16-19(21)22/h18H,3-17H2,1-2H3,(H,21,22). The molecule has 0 amide bonds. The molecule has 1 unspecified atom stereocenters. The zero-order chi connectivity index (χ0) is 18.0. The highest BCUT2D eigenvalue weighted by Crippen LogP contribution is 2.16. The number of hydrogen-bond donors (Lipinski definition) is 1. The smallest absolute Gasteiger partial charge is 0.306 e. The van der Waals surface area contributed by atoms with E-state index < -0.39 is 5.97 Å². The molecule has 0 bridgehead atoms. The van der Waals surface area contributed by atoms with Gasteiger partial charge >= 0.3 is 11.9 Å². The summed E-state index contributed by atoms with van der Waals surface area (Å²) in [6, 6.07) is 0. The molecule has 0 aromatic rings. The van der Waals surface area contributed by atoms with E-state index in [0.29, 0.717) is 12.8 Å². The molecule has 1 atom stereocenters. The number of hydrogen-bond acceptors (Lipinski definition) is 3. The summed E-state index contributed by atoms with van der Waals surface area (Å²) in [5.74, 6) is -0.792. The fourth-order valence-corrected chi connectivity index (χ4v) is 2.81. The van der Waals surface area contributed by atoms with Crippen molar-refractivity contribution in [3.8, 4) is 0 Å². The van der Waals surface area contributed by atoms with Gasteiger partial charge in [-0.1, -0.05) is 65.2 Å². The minimum Gasteiger partial charge on any atom is -0.481 e. The molecule has 0 rings (SSSR count). The van der Waals surface area contributed by atoms with Crippen LogP contribution in [0.1, 0.15) is 110 Å². The van der Waals surface area contributed by atoms with E-state index >= 15 is 0 Å². The Hall–Kier alpha value is -1.06. The topological polar surface area (TPSA) is 63.6 Å². The van der Waals surface area contributed by atoms with Crippen molar-refractivity contribution in [1.29, 1.82) is 0 Å². The molecule has 0 saturated heterocycles. The largest absolute Gasteiger partial charge is 0.481 e. The molecule has 0 fully saturated rings. The Morgan fingerprint density at radius 2 is 1.29 bits per heavy atom. The fraction of sp³-hybridized carbons (Fsp3) is 0.900. The summed E-state index contributed by atoms with van der Waals surface area (Å²) in [7, 11) is 0. The van der Waals surface area contributed by atoms with Gasteiger partial charge in [-0.2, -0.15) is 0 Å². The first-order valence-corrected chi connectivity index (χ1v) is 10.0. The summed E-state index contributed by atoms with van der Waals surface area (Å²) in [5, 5.41) is 8.64. The SMILES string of the molecule is CCCCCCCCC(=O)OC(CCCC)CCCCCC(=O)O. The Morgan fingerprint density at radius 1 is 0.750 bits per heavy atom. The normalized spacial score (nSPS) is 12.1. The molecule has 4 heteroatoms. The van der Waals surface area contributed by atoms with Crippen LogP contribution in [0.25, 0.3) is 0 Å². The van der Waals surface area contributed by atoms with Gasteiger partial charge in [-0.05, 0) is 32.1 Å². The lowest BCUT2D eigenvalue weighted by molar-refractivity contribution is -0.150. The molecule has 0 radical (unpaired) electrons. The van der Waals surface area contributed by atoms with Gasteiger partial charge in [-0.3, -0.25) is 9.59 Å². The summed E-state index contributed by atoms with van der Waals surface area (Å²) in [5.41, 5.74) is 0. The van der Waals surface area contributed by atoms with E-state index in [1.54, 1.807) is 0 Å². The quantitative estimate of drug-likeness (QED) is 0.265. The molecule has 0 aromatic carbocycles. The second-order valence-corrected chi connectivity index (χ2v) is 6.76. The summed E-state index contributed by atoms with van der Waals surface area (Å²) < 4.78 is 5.65. The van der Waals surface area contributed by atoms with Gasteiger partial charge in [0.15, 0.2) is 0 Å². The Balaban J connectivity index is 3.85. The lowest BCUT2D eigenvalue weighted by Gasteiger charge is -2.17. The zero-order valence-corrected chi connectivity index (χ0v) is 15.9. The first-order chi connectivity index (χ1) is 11.6. The Kier molecular flexibility index (Phi) is 16.0. The number of carbonyl (C=O) groups is 2. The van der Waals surface area contributed by atoms with Crippen molar-refractivity contribution < 1.29 is 19.4 Å². The van der Waals surface area contributed by atoms with E-state index in [1.807, 2.05) is 0 Å². The molecule has 0 saturated carbocycles. The van der Waals surface area contributed by atoms with Crippen LogP contribution < -0.4 is 0 Å². The van der Waals surface area contributed by atoms with Crippen LogP contribution in [0.15, 0.2) is 0 Å². The first kappa shape index (κ1) is 22.9. The highest BCUT2D eigenvalue weighted by Gasteiger charge is 2.13. The predicted molar refractivity (Wildman–Crippen MR) is 98.1 cm³/mol. The molecule has 1 N–H and O–H groups in total. The molecule has 0 aliphatic heterocycles. The van der Waals surface area contributed by atoms with Gasteiger partial charge < -0.3 is 9.84 Å². The summed E-state index contributed by atoms with van der Waals surface area (Å²) >= 11 is 0. The van der Waals surface area contributed by atoms with Gasteiger partial charge in [0, 0.05) is 12.8 Å². The monoisotopic (exact) mass is 342 g/mol. The third kappa shape index (κ3) is 15.8. The number of carboxylic acid groups (broad SMARTS) is 1. The van der Waals surface area contributed by atoms with Gasteiger partial charge in [0.2, 0.25) is 0 Å². The maximum absolute atomic E-state index is 12.0. The fourth-order valence-electron chi connectivity index (χ4n) is 2.81. The van der Waals surface area contributed by atoms with Crippen LogP contribution in [0.4, 0.5) is 0 Å². The highest BCUT2D eigenvalue weighted by molar-refractivity contribution is 5.69. The second kappa shape index (κ2) is 16.8. The predicted octanol–water partition coefficient (Wildman–Crippen LogP) is 5.87. The van der Waals surface area contributed by atoms with Crippen molar-refractivity contribution in [2.75, 3.05) is 0 Å². The number of esters is 1. The Labute approximate surface area is 148 Å². The van der Waals surface area contributed by atoms with Gasteiger partial charge in [0.05, 0.1) is 0 Å². The van der Waals surface area contributed by atoms with Crippen molar-refractivity contribution in [1.82, 2.24) is 0 Å². The van der Waals surface area contributed by atoms with E-state index in [0.717, 1.165) is 51.4 Å². The van der Waals surface area contributed by atoms with Crippen molar-refractivity contribution >= 4 is 11.9 Å². The highest BCUT2D eigenvalue weighted by atomic mass is 16.5. The van der Waals surface area contributed by atoms with Gasteiger partial charge in [0.1, 0.15) is 6.10 Å². The van der Waals surface area contributed by atoms with E-state index in [4.69, 9.17) is 9.84 Å². The Bertz CT molecular complexity index is 315. The van der Waals surface area contributed by atoms with Crippen LogP contribution in [0, 0.1) is 0 Å². The zero-order valence-electron chi connectivity index (χ0n) is 15.9. The van der Waals surface area contributed by atoms with E-state index in [1.165, 1.54) is 25.7 Å². The molecule has 4 nitrogen and oxygen atoms in total. The summed E-state index contributed by atoms with van der Waals surface area (Å²) in [4.78, 5) is 22.5. The minimum atomic E-state index is -0.733. The number of carbonyl (C=O) groups excluding carboxylic acids is 1. The third-order valence-electron chi connectivity index (χ3n) is 4.33. The average molecular weight is 343 g/mol. The lowest BCUT2D eigenvalue weighted by Crippen LogP contribution is -2.18. The molecule has 0 heterocycles. The number of ether oxygens (including phenoxy) is 1. The maximum Gasteiger partial charge on any atom is 0.306 e. The number of carboxylic acids is 1. The lowest BCUT2D eigenvalue weighted by atomic mass is 10.0. The molecule has 0 aromatic heterocycles. The Morgan fingerprint density at radius 3 is 1.96 bits per heavy atom. The second-order valence-electron chi connectivity index (χ2n) is 6.76. The van der Waals surface area contributed by atoms with Crippen molar-refractivity contribution in [3.63, 3.8) is 0 Å². The molecule has 142 valence electrons. The van der Waals surface area contributed by atoms with Gasteiger partial charge in [-0.25, -0.2) is 0 Å². The first-order valence-electron chi connectivity index (χ1n) is 10.0. The number of aliphatic carboxylic acids is 1. The van der Waals surface area contributed by atoms with Gasteiger partial charge in [0.25, 0.3) is 0 Å². The molecule has 24 heavy (non-hydrogen) atoms. The van der Waals surface area contributed by atoms with E-state index in [-0.39, 0.29) is 18.5 Å². The minimum absolute atomic E-state index is 0.0161. The molecular weight excluding hydrogens is 304 g/mol. The van der Waals surface area contributed by atoms with Crippen LogP contribution >= 0.6 is 0 Å². The van der Waals surface area contributed by atoms with Gasteiger partial charge in [-0.15, -0.1) is 0 Å². The molecular formula is C20H38O4. The van der Waals surface area contributed by atoms with Crippen LogP contribution in [-0.4, -0.2) is 23.1 Å². The van der Waals surface area contributed by atoms with Crippen molar-refractivity contribution in [2.24, 2.45) is 0 Å². The maximum atomic E-state index is 12.0.